The van der Waals surface area contributed by atoms with Crippen LogP contribution in [0.1, 0.15) is 32.6 Å². The van der Waals surface area contributed by atoms with E-state index >= 15 is 8.78 Å². The predicted molar refractivity (Wildman–Crippen MR) is 149 cm³/mol. The highest BCUT2D eigenvalue weighted by Crippen LogP contribution is 2.48. The molecule has 0 aliphatic carbocycles. The van der Waals surface area contributed by atoms with Gasteiger partial charge < -0.3 is 24.4 Å². The van der Waals surface area contributed by atoms with Crippen molar-refractivity contribution >= 4 is 19.5 Å². The standard InChI is InChI=1S/C27H32F2N5O8P/c1-17(2)31-22-11-13-34(26(37)32-22)25-27(28,29)23(35)21(41-25)16-40-43(38,42-20-10-7-12-30-14-20)33-18(3)24(36)39-15-19-8-5-4-6-9-19/h4-14,17-18,21,23,25,35H,15-16H2,1-3H3,(H,33,38)(H,31,32,37)/t18?,21-,23-,25-,43?/m1/s1. The van der Waals surface area contributed by atoms with Gasteiger partial charge in [-0.05, 0) is 44.5 Å². The number of aromatic nitrogens is 3. The van der Waals surface area contributed by atoms with Crippen molar-refractivity contribution in [2.45, 2.75) is 63.8 Å². The second-order valence-electron chi connectivity index (χ2n) is 9.97. The fraction of sp³-hybridized carbons (Fsp3) is 0.407. The van der Waals surface area contributed by atoms with Crippen LogP contribution >= 0.6 is 7.75 Å². The molecule has 1 aliphatic rings. The summed E-state index contributed by atoms with van der Waals surface area (Å²) >= 11 is 0. The van der Waals surface area contributed by atoms with Gasteiger partial charge in [0, 0.05) is 18.4 Å². The van der Waals surface area contributed by atoms with Crippen LogP contribution in [0, 0.1) is 0 Å². The summed E-state index contributed by atoms with van der Waals surface area (Å²) in [5.41, 5.74) is -0.323. The molecule has 232 valence electrons. The first kappa shape index (κ1) is 32.2. The van der Waals surface area contributed by atoms with Gasteiger partial charge in [-0.1, -0.05) is 30.3 Å². The maximum absolute atomic E-state index is 15.1. The molecule has 13 nitrogen and oxygen atoms in total. The van der Waals surface area contributed by atoms with E-state index in [1.54, 1.807) is 30.3 Å². The second-order valence-corrected chi connectivity index (χ2v) is 11.7. The Hall–Kier alpha value is -3.75. The van der Waals surface area contributed by atoms with Crippen LogP contribution < -0.4 is 20.6 Å². The highest BCUT2D eigenvalue weighted by Gasteiger charge is 2.60. The summed E-state index contributed by atoms with van der Waals surface area (Å²) in [6.07, 6.45) is -2.73. The van der Waals surface area contributed by atoms with Gasteiger partial charge >= 0.3 is 25.3 Å². The van der Waals surface area contributed by atoms with Crippen LogP contribution in [0.25, 0.3) is 0 Å². The Morgan fingerprint density at radius 3 is 2.58 bits per heavy atom. The van der Waals surface area contributed by atoms with Crippen LogP contribution in [0.4, 0.5) is 14.6 Å². The molecule has 5 atom stereocenters. The van der Waals surface area contributed by atoms with Gasteiger partial charge in [-0.3, -0.25) is 18.9 Å². The summed E-state index contributed by atoms with van der Waals surface area (Å²) in [7, 11) is -4.51. The molecule has 0 radical (unpaired) electrons. The van der Waals surface area contributed by atoms with Gasteiger partial charge in [-0.15, -0.1) is 0 Å². The summed E-state index contributed by atoms with van der Waals surface area (Å²) in [5.74, 6) is -4.60. The molecule has 2 aromatic heterocycles. The number of alkyl halides is 2. The first-order chi connectivity index (χ1) is 20.4. The molecule has 0 bridgehead atoms. The lowest BCUT2D eigenvalue weighted by atomic mass is 10.1. The van der Waals surface area contributed by atoms with Crippen molar-refractivity contribution in [3.63, 3.8) is 0 Å². The number of aliphatic hydroxyl groups is 1. The van der Waals surface area contributed by atoms with Crippen molar-refractivity contribution < 1.29 is 41.8 Å². The fourth-order valence-electron chi connectivity index (χ4n) is 4.02. The van der Waals surface area contributed by atoms with Crippen LogP contribution in [0.15, 0.2) is 71.9 Å². The minimum atomic E-state index is -4.51. The first-order valence-electron chi connectivity index (χ1n) is 13.3. The molecule has 0 saturated carbocycles. The second kappa shape index (κ2) is 13.7. The van der Waals surface area contributed by atoms with Gasteiger partial charge in [0.25, 0.3) is 0 Å². The van der Waals surface area contributed by atoms with Gasteiger partial charge in [-0.2, -0.15) is 18.9 Å². The Morgan fingerprint density at radius 1 is 1.19 bits per heavy atom. The third-order valence-corrected chi connectivity index (χ3v) is 7.74. The molecular formula is C27H32F2N5O8P. The number of aliphatic hydroxyl groups excluding tert-OH is 1. The molecule has 3 N–H and O–H groups in total. The van der Waals surface area contributed by atoms with Gasteiger partial charge in [0.1, 0.15) is 30.3 Å². The summed E-state index contributed by atoms with van der Waals surface area (Å²) < 4.78 is 66.0. The van der Waals surface area contributed by atoms with Crippen molar-refractivity contribution in [2.75, 3.05) is 11.9 Å². The van der Waals surface area contributed by atoms with Crippen LogP contribution in [0.3, 0.4) is 0 Å². The minimum absolute atomic E-state index is 0.0213. The Labute approximate surface area is 245 Å². The minimum Gasteiger partial charge on any atom is -0.460 e. The number of halogens is 2. The Morgan fingerprint density at radius 2 is 1.93 bits per heavy atom. The van der Waals surface area contributed by atoms with Crippen molar-refractivity contribution in [2.24, 2.45) is 0 Å². The Bertz CT molecular complexity index is 1480. The molecule has 1 saturated heterocycles. The average molecular weight is 624 g/mol. The summed E-state index contributed by atoms with van der Waals surface area (Å²) in [5, 5.41) is 15.7. The number of carbonyl (C=O) groups excluding carboxylic acids is 1. The zero-order valence-electron chi connectivity index (χ0n) is 23.5. The molecular weight excluding hydrogens is 591 g/mol. The molecule has 4 rings (SSSR count). The van der Waals surface area contributed by atoms with Crippen molar-refractivity contribution in [1.29, 1.82) is 0 Å². The quantitative estimate of drug-likeness (QED) is 0.188. The van der Waals surface area contributed by atoms with Gasteiger partial charge in [0.15, 0.2) is 6.10 Å². The van der Waals surface area contributed by atoms with Gasteiger partial charge in [0.2, 0.25) is 6.23 Å². The number of pyridine rings is 1. The van der Waals surface area contributed by atoms with E-state index < -0.39 is 56.4 Å². The maximum Gasteiger partial charge on any atom is 0.459 e. The topological polar surface area (TPSA) is 163 Å². The molecule has 2 unspecified atom stereocenters. The molecule has 43 heavy (non-hydrogen) atoms. The van der Waals surface area contributed by atoms with Gasteiger partial charge in [0.05, 0.1) is 12.8 Å². The Kier molecular flexibility index (Phi) is 10.2. The monoisotopic (exact) mass is 623 g/mol. The Balaban J connectivity index is 1.47. The summed E-state index contributed by atoms with van der Waals surface area (Å²) in [4.78, 5) is 32.7. The van der Waals surface area contributed by atoms with E-state index in [1.165, 1.54) is 37.5 Å². The summed E-state index contributed by atoms with van der Waals surface area (Å²) in [6.45, 7) is 4.03. The maximum atomic E-state index is 15.1. The van der Waals surface area contributed by atoms with Crippen LogP contribution in [-0.2, 0) is 30.0 Å². The summed E-state index contributed by atoms with van der Waals surface area (Å²) in [6, 6.07) is 11.8. The van der Waals surface area contributed by atoms with Crippen LogP contribution in [0.5, 0.6) is 5.75 Å². The van der Waals surface area contributed by atoms with E-state index in [0.717, 1.165) is 11.8 Å². The van der Waals surface area contributed by atoms with E-state index in [9.17, 15) is 19.3 Å². The predicted octanol–water partition coefficient (Wildman–Crippen LogP) is 3.28. The number of benzene rings is 1. The van der Waals surface area contributed by atoms with E-state index in [1.807, 2.05) is 13.8 Å². The van der Waals surface area contributed by atoms with E-state index in [4.69, 9.17) is 18.5 Å². The molecule has 0 spiro atoms. The number of nitrogens with zero attached hydrogens (tertiary/aromatic N) is 3. The molecule has 1 aliphatic heterocycles. The van der Waals surface area contributed by atoms with E-state index in [0.29, 0.717) is 4.57 Å². The lowest BCUT2D eigenvalue weighted by molar-refractivity contribution is -0.146. The number of carbonyl (C=O) groups is 1. The number of rotatable bonds is 13. The number of nitrogens with one attached hydrogen (secondary N) is 2. The zero-order chi connectivity index (χ0) is 31.2. The van der Waals surface area contributed by atoms with E-state index in [2.05, 4.69) is 20.4 Å². The number of hydrogen-bond acceptors (Lipinski definition) is 11. The van der Waals surface area contributed by atoms with Crippen molar-refractivity contribution in [1.82, 2.24) is 19.6 Å². The zero-order valence-corrected chi connectivity index (χ0v) is 24.4. The lowest BCUT2D eigenvalue weighted by Crippen LogP contribution is -2.42. The van der Waals surface area contributed by atoms with E-state index in [-0.39, 0.29) is 24.2 Å². The smallest absolute Gasteiger partial charge is 0.459 e. The fourth-order valence-corrected chi connectivity index (χ4v) is 5.51. The third-order valence-electron chi connectivity index (χ3n) is 6.10. The lowest BCUT2D eigenvalue weighted by Gasteiger charge is -2.24. The number of esters is 1. The molecule has 0 amide bonds. The van der Waals surface area contributed by atoms with Crippen LogP contribution in [-0.4, -0.2) is 62.4 Å². The van der Waals surface area contributed by atoms with Crippen molar-refractivity contribution in [3.8, 4) is 5.75 Å². The van der Waals surface area contributed by atoms with Crippen LogP contribution in [0.2, 0.25) is 0 Å². The highest BCUT2D eigenvalue weighted by molar-refractivity contribution is 7.52. The average Bonchev–Trinajstić information content (AvgIpc) is 3.19. The van der Waals surface area contributed by atoms with Crippen molar-refractivity contribution in [3.05, 3.63) is 83.2 Å². The molecule has 3 aromatic rings. The molecule has 16 heteroatoms. The number of ether oxygens (including phenoxy) is 2. The first-order valence-corrected chi connectivity index (χ1v) is 14.8. The molecule has 1 fully saturated rings. The van der Waals surface area contributed by atoms with Gasteiger partial charge in [-0.25, -0.2) is 9.36 Å². The molecule has 1 aromatic carbocycles. The largest absolute Gasteiger partial charge is 0.460 e. The molecule has 3 heterocycles. The highest BCUT2D eigenvalue weighted by atomic mass is 31.2. The third kappa shape index (κ3) is 8.21. The number of anilines is 1. The normalized spacial score (nSPS) is 21.6. The number of hydrogen-bond donors (Lipinski definition) is 3. The SMILES string of the molecule is CC(C)Nc1ccn([C@@H]2O[C@H](COP(=O)(NC(C)C(=O)OCc3ccccc3)Oc3cccnc3)[C@@H](O)C2(F)F)c(=O)n1.